The van der Waals surface area contributed by atoms with Crippen LogP contribution in [0.15, 0.2) is 72.8 Å². The van der Waals surface area contributed by atoms with Gasteiger partial charge in [0.2, 0.25) is 5.91 Å². The Morgan fingerprint density at radius 3 is 2.19 bits per heavy atom. The number of hydrogen-bond donors (Lipinski definition) is 1. The van der Waals surface area contributed by atoms with Gasteiger partial charge in [-0.05, 0) is 29.8 Å². The van der Waals surface area contributed by atoms with E-state index in [4.69, 9.17) is 11.6 Å². The molecule has 3 aromatic rings. The minimum Gasteiger partial charge on any atom is -0.340 e. The molecule has 1 fully saturated rings. The molecule has 4 rings (SSSR count). The number of amides is 2. The highest BCUT2D eigenvalue weighted by molar-refractivity contribution is 7.16. The van der Waals surface area contributed by atoms with Crippen LogP contribution in [-0.2, 0) is 17.8 Å². The summed E-state index contributed by atoms with van der Waals surface area (Å²) < 4.78 is 0.798. The van der Waals surface area contributed by atoms with Gasteiger partial charge in [0.25, 0.3) is 5.91 Å². The fourth-order valence-electron chi connectivity index (χ4n) is 3.88. The van der Waals surface area contributed by atoms with Gasteiger partial charge in [-0.3, -0.25) is 14.5 Å². The summed E-state index contributed by atoms with van der Waals surface area (Å²) in [6.45, 7) is 3.73. The lowest BCUT2D eigenvalue weighted by molar-refractivity contribution is -0.135. The quantitative estimate of drug-likeness (QED) is 0.569. The highest BCUT2D eigenvalue weighted by atomic mass is 35.5. The predicted octanol–water partition coefficient (Wildman–Crippen LogP) is 4.09. The van der Waals surface area contributed by atoms with Gasteiger partial charge in [-0.1, -0.05) is 60.1 Å². The first-order chi connectivity index (χ1) is 15.6. The molecule has 1 atom stereocenters. The van der Waals surface area contributed by atoms with Crippen LogP contribution < -0.4 is 5.32 Å². The van der Waals surface area contributed by atoms with Crippen LogP contribution in [0, 0.1) is 0 Å². The molecule has 2 aromatic carbocycles. The summed E-state index contributed by atoms with van der Waals surface area (Å²) in [5.41, 5.74) is 1.57. The smallest absolute Gasteiger partial charge is 0.251 e. The first-order valence-corrected chi connectivity index (χ1v) is 11.9. The molecule has 0 spiro atoms. The first kappa shape index (κ1) is 22.5. The van der Waals surface area contributed by atoms with Gasteiger partial charge in [0, 0.05) is 49.6 Å². The van der Waals surface area contributed by atoms with Crippen molar-refractivity contribution in [2.45, 2.75) is 19.0 Å². The lowest BCUT2D eigenvalue weighted by Gasteiger charge is -2.36. The summed E-state index contributed by atoms with van der Waals surface area (Å²) >= 11 is 7.64. The number of piperazine rings is 1. The van der Waals surface area contributed by atoms with E-state index in [1.54, 1.807) is 23.5 Å². The summed E-state index contributed by atoms with van der Waals surface area (Å²) in [5.74, 6) is -0.259. The normalized spacial score (nSPS) is 15.3. The van der Waals surface area contributed by atoms with Gasteiger partial charge in [-0.2, -0.15) is 0 Å². The second-order valence-corrected chi connectivity index (χ2v) is 9.69. The van der Waals surface area contributed by atoms with E-state index in [2.05, 4.69) is 16.3 Å². The van der Waals surface area contributed by atoms with Gasteiger partial charge in [0.1, 0.15) is 6.04 Å². The van der Waals surface area contributed by atoms with Gasteiger partial charge in [-0.15, -0.1) is 11.3 Å². The number of benzene rings is 2. The molecule has 166 valence electrons. The van der Waals surface area contributed by atoms with E-state index in [1.165, 1.54) is 4.88 Å². The fraction of sp³-hybridized carbons (Fsp3) is 0.280. The van der Waals surface area contributed by atoms with Crippen LogP contribution >= 0.6 is 22.9 Å². The molecule has 2 amide bonds. The molecule has 0 bridgehead atoms. The summed E-state index contributed by atoms with van der Waals surface area (Å²) in [6.07, 6.45) is 0.464. The zero-order valence-corrected chi connectivity index (χ0v) is 19.3. The molecule has 1 N–H and O–H groups in total. The van der Waals surface area contributed by atoms with Crippen molar-refractivity contribution in [2.75, 3.05) is 26.2 Å². The zero-order valence-electron chi connectivity index (χ0n) is 17.7. The van der Waals surface area contributed by atoms with E-state index in [-0.39, 0.29) is 11.8 Å². The molecular formula is C25H26ClN3O2S. The average Bonchev–Trinajstić information content (AvgIpc) is 3.24. The van der Waals surface area contributed by atoms with Crippen LogP contribution in [0.1, 0.15) is 20.8 Å². The molecule has 7 heteroatoms. The van der Waals surface area contributed by atoms with Crippen LogP contribution in [0.25, 0.3) is 0 Å². The average molecular weight is 468 g/mol. The van der Waals surface area contributed by atoms with Crippen molar-refractivity contribution in [1.29, 1.82) is 0 Å². The van der Waals surface area contributed by atoms with Crippen LogP contribution in [0.5, 0.6) is 0 Å². The van der Waals surface area contributed by atoms with Crippen molar-refractivity contribution < 1.29 is 9.59 Å². The maximum absolute atomic E-state index is 13.4. The van der Waals surface area contributed by atoms with E-state index in [1.807, 2.05) is 59.5 Å². The van der Waals surface area contributed by atoms with E-state index in [9.17, 15) is 9.59 Å². The first-order valence-electron chi connectivity index (χ1n) is 10.7. The minimum absolute atomic E-state index is 0.0306. The van der Waals surface area contributed by atoms with Crippen molar-refractivity contribution in [3.05, 3.63) is 93.1 Å². The lowest BCUT2D eigenvalue weighted by Crippen LogP contribution is -2.55. The summed E-state index contributed by atoms with van der Waals surface area (Å²) in [5, 5.41) is 2.98. The second kappa shape index (κ2) is 10.8. The number of carbonyl (C=O) groups is 2. The molecule has 0 unspecified atom stereocenters. The van der Waals surface area contributed by atoms with E-state index in [0.29, 0.717) is 25.1 Å². The van der Waals surface area contributed by atoms with E-state index < -0.39 is 6.04 Å². The number of nitrogens with one attached hydrogen (secondary N) is 1. The molecule has 1 aromatic heterocycles. The van der Waals surface area contributed by atoms with Crippen LogP contribution in [0.2, 0.25) is 4.34 Å². The zero-order chi connectivity index (χ0) is 22.3. The molecule has 0 saturated carbocycles. The third-order valence-corrected chi connectivity index (χ3v) is 6.83. The van der Waals surface area contributed by atoms with Crippen molar-refractivity contribution in [3.63, 3.8) is 0 Å². The molecule has 1 saturated heterocycles. The Morgan fingerprint density at radius 1 is 0.906 bits per heavy atom. The maximum Gasteiger partial charge on any atom is 0.251 e. The monoisotopic (exact) mass is 467 g/mol. The van der Waals surface area contributed by atoms with Crippen LogP contribution in [0.4, 0.5) is 0 Å². The van der Waals surface area contributed by atoms with Gasteiger partial charge >= 0.3 is 0 Å². The topological polar surface area (TPSA) is 52.7 Å². The maximum atomic E-state index is 13.4. The largest absolute Gasteiger partial charge is 0.340 e. The Labute approximate surface area is 197 Å². The number of carbonyl (C=O) groups excluding carboxylic acids is 2. The number of hydrogen-bond acceptors (Lipinski definition) is 4. The molecule has 5 nitrogen and oxygen atoms in total. The number of thiophene rings is 1. The van der Waals surface area contributed by atoms with Gasteiger partial charge < -0.3 is 10.2 Å². The summed E-state index contributed by atoms with van der Waals surface area (Å²) in [7, 11) is 0. The molecule has 0 aliphatic carbocycles. The third kappa shape index (κ3) is 5.97. The number of halogens is 1. The summed E-state index contributed by atoms with van der Waals surface area (Å²) in [6, 6.07) is 22.2. The molecular weight excluding hydrogens is 442 g/mol. The molecule has 0 radical (unpaired) electrons. The standard InChI is InChI=1S/C25H26ClN3O2S/c26-23-12-11-21(32-23)18-28-13-15-29(16-14-28)25(31)22(17-19-7-3-1-4-8-19)27-24(30)20-9-5-2-6-10-20/h1-12,22H,13-18H2,(H,27,30)/t22-/m1/s1. The van der Waals surface area contributed by atoms with Gasteiger partial charge in [-0.25, -0.2) is 0 Å². The van der Waals surface area contributed by atoms with Crippen LogP contribution in [0.3, 0.4) is 0 Å². The summed E-state index contributed by atoms with van der Waals surface area (Å²) in [4.78, 5) is 31.6. The Hall–Kier alpha value is -2.67. The second-order valence-electron chi connectivity index (χ2n) is 7.89. The Morgan fingerprint density at radius 2 is 1.56 bits per heavy atom. The third-order valence-electron chi connectivity index (χ3n) is 5.61. The van der Waals surface area contributed by atoms with Crippen molar-refractivity contribution in [3.8, 4) is 0 Å². The highest BCUT2D eigenvalue weighted by Crippen LogP contribution is 2.23. The van der Waals surface area contributed by atoms with E-state index >= 15 is 0 Å². The van der Waals surface area contributed by atoms with Crippen molar-refractivity contribution in [1.82, 2.24) is 15.1 Å². The Bertz CT molecular complexity index is 1030. The lowest BCUT2D eigenvalue weighted by atomic mass is 10.0. The van der Waals surface area contributed by atoms with Crippen LogP contribution in [-0.4, -0.2) is 53.8 Å². The SMILES string of the molecule is O=C(N[C@H](Cc1ccccc1)C(=O)N1CCN(Cc2ccc(Cl)s2)CC1)c1ccccc1. The van der Waals surface area contributed by atoms with Gasteiger partial charge in [0.15, 0.2) is 0 Å². The van der Waals surface area contributed by atoms with Gasteiger partial charge in [0.05, 0.1) is 4.34 Å². The Kier molecular flexibility index (Phi) is 7.58. The Balaban J connectivity index is 1.41. The molecule has 2 heterocycles. The highest BCUT2D eigenvalue weighted by Gasteiger charge is 2.29. The fourth-order valence-corrected chi connectivity index (χ4v) is 5.01. The molecule has 32 heavy (non-hydrogen) atoms. The predicted molar refractivity (Wildman–Crippen MR) is 129 cm³/mol. The number of rotatable bonds is 7. The van der Waals surface area contributed by atoms with Crippen molar-refractivity contribution >= 4 is 34.8 Å². The molecule has 1 aliphatic heterocycles. The number of nitrogens with zero attached hydrogens (tertiary/aromatic N) is 2. The van der Waals surface area contributed by atoms with E-state index in [0.717, 1.165) is 29.5 Å². The minimum atomic E-state index is -0.604. The molecule has 1 aliphatic rings. The van der Waals surface area contributed by atoms with Crippen molar-refractivity contribution in [2.24, 2.45) is 0 Å².